The van der Waals surface area contributed by atoms with Gasteiger partial charge in [-0.25, -0.2) is 0 Å². The van der Waals surface area contributed by atoms with Crippen LogP contribution in [0, 0.1) is 6.92 Å². The minimum Gasteiger partial charge on any atom is -0.355 e. The normalized spacial score (nSPS) is 11.5. The molecule has 4 aromatic carbocycles. The molecule has 1 N–H and O–H groups in total. The lowest BCUT2D eigenvalue weighted by Crippen LogP contribution is -2.05. The fraction of sp³-hybridized carbons (Fsp3) is 0.0645. The lowest BCUT2D eigenvalue weighted by Gasteiger charge is -2.15. The van der Waals surface area contributed by atoms with E-state index in [0.717, 1.165) is 28.0 Å². The molecule has 1 heterocycles. The van der Waals surface area contributed by atoms with Crippen molar-refractivity contribution in [3.8, 4) is 11.3 Å². The summed E-state index contributed by atoms with van der Waals surface area (Å²) < 4.78 is 2.22. The molecule has 34 heavy (non-hydrogen) atoms. The van der Waals surface area contributed by atoms with Gasteiger partial charge >= 0.3 is 0 Å². The van der Waals surface area contributed by atoms with Crippen molar-refractivity contribution in [1.29, 1.82) is 0 Å². The molecule has 5 aromatic rings. The molecule has 0 saturated heterocycles. The maximum absolute atomic E-state index is 13.0. The summed E-state index contributed by atoms with van der Waals surface area (Å²) in [6.07, 6.45) is 1.69. The average molecular weight is 443 g/mol. The molecule has 1 aromatic heterocycles. The molecular formula is C31H26N2O. The smallest absolute Gasteiger partial charge is 0.187 e. The lowest BCUT2D eigenvalue weighted by molar-refractivity contribution is 0.104. The molecule has 5 rings (SSSR count). The van der Waals surface area contributed by atoms with E-state index in [4.69, 9.17) is 0 Å². The second kappa shape index (κ2) is 9.24. The number of benzene rings is 4. The Hall–Kier alpha value is -4.37. The van der Waals surface area contributed by atoms with E-state index < -0.39 is 0 Å². The summed E-state index contributed by atoms with van der Waals surface area (Å²) in [6.45, 7) is 2.10. The molecule has 0 radical (unpaired) electrons. The summed E-state index contributed by atoms with van der Waals surface area (Å²) in [7, 11) is 2.09. The number of allylic oxidation sites excluding steroid dienone is 1. The number of rotatable bonds is 6. The highest BCUT2D eigenvalue weighted by molar-refractivity contribution is 6.09. The van der Waals surface area contributed by atoms with Crippen LogP contribution in [0.2, 0.25) is 0 Å². The third-order valence-electron chi connectivity index (χ3n) is 6.15. The van der Waals surface area contributed by atoms with E-state index in [1.54, 1.807) is 6.08 Å². The van der Waals surface area contributed by atoms with Crippen molar-refractivity contribution in [1.82, 2.24) is 4.57 Å². The Labute approximate surface area is 200 Å². The van der Waals surface area contributed by atoms with Crippen LogP contribution in [-0.4, -0.2) is 10.4 Å². The summed E-state index contributed by atoms with van der Waals surface area (Å²) in [4.78, 5) is 13.0. The first kappa shape index (κ1) is 21.5. The van der Waals surface area contributed by atoms with Gasteiger partial charge in [-0.05, 0) is 41.8 Å². The third kappa shape index (κ3) is 4.28. The number of nitrogens with zero attached hydrogens (tertiary/aromatic N) is 1. The van der Waals surface area contributed by atoms with Gasteiger partial charge in [0.15, 0.2) is 5.78 Å². The molecule has 0 unspecified atom stereocenters. The number of aryl methyl sites for hydroxylation is 2. The standard InChI is InChI=1S/C31H26N2O/c1-22-18-26-19-29(24-14-8-4-9-15-24)33(2)30(26)20-27(22)32-28(23-12-6-3-7-13-23)21-31(34)25-16-10-5-11-17-25/h3-21,32H,1-2H3. The van der Waals surface area contributed by atoms with Crippen LogP contribution < -0.4 is 5.32 Å². The second-order valence-electron chi connectivity index (χ2n) is 8.46. The quantitative estimate of drug-likeness (QED) is 0.218. The Morgan fingerprint density at radius 1 is 0.765 bits per heavy atom. The summed E-state index contributed by atoms with van der Waals surface area (Å²) >= 11 is 0. The summed E-state index contributed by atoms with van der Waals surface area (Å²) in [5, 5.41) is 4.75. The molecule has 3 nitrogen and oxygen atoms in total. The molecule has 0 aliphatic heterocycles. The van der Waals surface area contributed by atoms with Crippen molar-refractivity contribution in [3.05, 3.63) is 132 Å². The maximum atomic E-state index is 13.0. The van der Waals surface area contributed by atoms with Crippen LogP contribution in [0.3, 0.4) is 0 Å². The number of anilines is 1. The van der Waals surface area contributed by atoms with Crippen molar-refractivity contribution < 1.29 is 4.79 Å². The summed E-state index contributed by atoms with van der Waals surface area (Å²) in [6, 6.07) is 36.4. The maximum Gasteiger partial charge on any atom is 0.187 e. The highest BCUT2D eigenvalue weighted by Gasteiger charge is 2.13. The zero-order valence-electron chi connectivity index (χ0n) is 19.3. The van der Waals surface area contributed by atoms with Gasteiger partial charge in [-0.1, -0.05) is 91.0 Å². The van der Waals surface area contributed by atoms with Crippen molar-refractivity contribution in [2.24, 2.45) is 7.05 Å². The Morgan fingerprint density at radius 3 is 2.00 bits per heavy atom. The molecule has 0 spiro atoms. The van der Waals surface area contributed by atoms with Crippen LogP contribution in [-0.2, 0) is 7.05 Å². The fourth-order valence-corrected chi connectivity index (χ4v) is 4.29. The highest BCUT2D eigenvalue weighted by atomic mass is 16.1. The van der Waals surface area contributed by atoms with Gasteiger partial charge in [0.1, 0.15) is 0 Å². The Bertz CT molecular complexity index is 1480. The molecule has 0 aliphatic rings. The SMILES string of the molecule is Cc1cc2cc(-c3ccccc3)n(C)c2cc1NC(=CC(=O)c1ccccc1)c1ccccc1. The highest BCUT2D eigenvalue weighted by Crippen LogP contribution is 2.32. The van der Waals surface area contributed by atoms with E-state index in [1.807, 2.05) is 66.7 Å². The molecule has 0 bridgehead atoms. The van der Waals surface area contributed by atoms with Crippen molar-refractivity contribution in [3.63, 3.8) is 0 Å². The van der Waals surface area contributed by atoms with Crippen LogP contribution in [0.5, 0.6) is 0 Å². The summed E-state index contributed by atoms with van der Waals surface area (Å²) in [5.41, 5.74) is 7.99. The molecule has 0 saturated carbocycles. The van der Waals surface area contributed by atoms with Crippen LogP contribution >= 0.6 is 0 Å². The number of hydrogen-bond donors (Lipinski definition) is 1. The number of ketones is 1. The number of carbonyl (C=O) groups is 1. The van der Waals surface area contributed by atoms with Crippen molar-refractivity contribution in [2.75, 3.05) is 5.32 Å². The predicted molar refractivity (Wildman–Crippen MR) is 142 cm³/mol. The Balaban J connectivity index is 1.57. The van der Waals surface area contributed by atoms with Gasteiger partial charge in [-0.2, -0.15) is 0 Å². The molecule has 0 fully saturated rings. The topological polar surface area (TPSA) is 34.0 Å². The molecular weight excluding hydrogens is 416 g/mol. The van der Waals surface area contributed by atoms with Crippen LogP contribution in [0.15, 0.2) is 115 Å². The van der Waals surface area contributed by atoms with Gasteiger partial charge in [0.25, 0.3) is 0 Å². The van der Waals surface area contributed by atoms with E-state index in [0.29, 0.717) is 5.56 Å². The van der Waals surface area contributed by atoms with Gasteiger partial charge in [0.2, 0.25) is 0 Å². The Kier molecular flexibility index (Phi) is 5.84. The van der Waals surface area contributed by atoms with E-state index >= 15 is 0 Å². The number of fused-ring (bicyclic) bond motifs is 1. The van der Waals surface area contributed by atoms with Crippen molar-refractivity contribution >= 4 is 28.1 Å². The van der Waals surface area contributed by atoms with Crippen molar-refractivity contribution in [2.45, 2.75) is 6.92 Å². The van der Waals surface area contributed by atoms with E-state index in [2.05, 4.69) is 66.3 Å². The monoisotopic (exact) mass is 442 g/mol. The summed E-state index contributed by atoms with van der Waals surface area (Å²) in [5.74, 6) is -0.0316. The third-order valence-corrected chi connectivity index (χ3v) is 6.15. The zero-order chi connectivity index (χ0) is 23.5. The van der Waals surface area contributed by atoms with Gasteiger partial charge in [-0.3, -0.25) is 4.79 Å². The lowest BCUT2D eigenvalue weighted by atomic mass is 10.1. The zero-order valence-corrected chi connectivity index (χ0v) is 19.3. The first-order valence-corrected chi connectivity index (χ1v) is 11.4. The predicted octanol–water partition coefficient (Wildman–Crippen LogP) is 7.49. The van der Waals surface area contributed by atoms with E-state index in [-0.39, 0.29) is 5.78 Å². The van der Waals surface area contributed by atoms with Gasteiger partial charge < -0.3 is 9.88 Å². The second-order valence-corrected chi connectivity index (χ2v) is 8.46. The average Bonchev–Trinajstić information content (AvgIpc) is 3.20. The largest absolute Gasteiger partial charge is 0.355 e. The molecule has 0 atom stereocenters. The number of nitrogens with one attached hydrogen (secondary N) is 1. The van der Waals surface area contributed by atoms with Gasteiger partial charge in [-0.15, -0.1) is 0 Å². The molecule has 0 aliphatic carbocycles. The van der Waals surface area contributed by atoms with Crippen LogP contribution in [0.1, 0.15) is 21.5 Å². The number of hydrogen-bond acceptors (Lipinski definition) is 2. The molecule has 3 heteroatoms. The first-order chi connectivity index (χ1) is 16.6. The Morgan fingerprint density at radius 2 is 1.35 bits per heavy atom. The van der Waals surface area contributed by atoms with Gasteiger partial charge in [0, 0.05) is 41.2 Å². The van der Waals surface area contributed by atoms with Crippen LogP contribution in [0.4, 0.5) is 5.69 Å². The first-order valence-electron chi connectivity index (χ1n) is 11.4. The van der Waals surface area contributed by atoms with Gasteiger partial charge in [0.05, 0.1) is 5.52 Å². The number of aromatic nitrogens is 1. The minimum atomic E-state index is -0.0316. The minimum absolute atomic E-state index is 0.0316. The molecule has 0 amide bonds. The fourth-order valence-electron chi connectivity index (χ4n) is 4.29. The molecule has 166 valence electrons. The van der Waals surface area contributed by atoms with E-state index in [1.165, 1.54) is 16.6 Å². The van der Waals surface area contributed by atoms with Crippen LogP contribution in [0.25, 0.3) is 27.9 Å². The van der Waals surface area contributed by atoms with E-state index in [9.17, 15) is 4.79 Å². The number of carbonyl (C=O) groups excluding carboxylic acids is 1.